The largest absolute Gasteiger partial charge is 0.478 e. The number of carboxylic acids is 1. The number of carbonyl (C=O) groups excluding carboxylic acids is 1. The summed E-state index contributed by atoms with van der Waals surface area (Å²) >= 11 is 0. The van der Waals surface area contributed by atoms with Crippen molar-refractivity contribution in [1.82, 2.24) is 24.9 Å². The Morgan fingerprint density at radius 2 is 2.14 bits per heavy atom. The van der Waals surface area contributed by atoms with Crippen molar-refractivity contribution >= 4 is 11.9 Å². The highest BCUT2D eigenvalue weighted by Crippen LogP contribution is 2.12. The Labute approximate surface area is 121 Å². The number of rotatable bonds is 5. The van der Waals surface area contributed by atoms with Crippen LogP contribution < -0.4 is 5.32 Å². The van der Waals surface area contributed by atoms with Gasteiger partial charge >= 0.3 is 5.97 Å². The van der Waals surface area contributed by atoms with E-state index < -0.39 is 11.9 Å². The molecular formula is C13H17N5O3. The molecule has 2 heterocycles. The van der Waals surface area contributed by atoms with Crippen LogP contribution >= 0.6 is 0 Å². The third-order valence-corrected chi connectivity index (χ3v) is 3.05. The highest BCUT2D eigenvalue weighted by atomic mass is 16.4. The molecule has 0 aliphatic heterocycles. The number of hydrogen-bond acceptors (Lipinski definition) is 4. The first-order chi connectivity index (χ1) is 9.92. The zero-order valence-corrected chi connectivity index (χ0v) is 12.1. The molecule has 0 aliphatic rings. The van der Waals surface area contributed by atoms with E-state index in [-0.39, 0.29) is 17.3 Å². The van der Waals surface area contributed by atoms with Crippen LogP contribution in [0.5, 0.6) is 0 Å². The topological polar surface area (TPSA) is 102 Å². The number of aromatic nitrogens is 4. The van der Waals surface area contributed by atoms with E-state index in [1.165, 1.54) is 10.9 Å². The van der Waals surface area contributed by atoms with Crippen molar-refractivity contribution in [3.05, 3.63) is 35.4 Å². The van der Waals surface area contributed by atoms with Crippen molar-refractivity contribution in [3.8, 4) is 0 Å². The Kier molecular flexibility index (Phi) is 4.06. The average Bonchev–Trinajstić information content (AvgIpc) is 3.04. The summed E-state index contributed by atoms with van der Waals surface area (Å²) in [5, 5.41) is 20.0. The first-order valence-electron chi connectivity index (χ1n) is 6.53. The lowest BCUT2D eigenvalue weighted by Crippen LogP contribution is -2.28. The Morgan fingerprint density at radius 1 is 1.43 bits per heavy atom. The molecule has 0 aliphatic carbocycles. The number of aryl methyl sites for hydroxylation is 2. The van der Waals surface area contributed by atoms with Crippen LogP contribution in [0.1, 0.15) is 46.4 Å². The van der Waals surface area contributed by atoms with Gasteiger partial charge in [0.05, 0.1) is 11.7 Å². The molecule has 8 nitrogen and oxygen atoms in total. The van der Waals surface area contributed by atoms with Gasteiger partial charge in [0.25, 0.3) is 5.91 Å². The molecular weight excluding hydrogens is 274 g/mol. The molecule has 8 heteroatoms. The van der Waals surface area contributed by atoms with Gasteiger partial charge in [-0.2, -0.15) is 10.2 Å². The fraction of sp³-hybridized carbons (Fsp3) is 0.385. The van der Waals surface area contributed by atoms with Crippen molar-refractivity contribution in [1.29, 1.82) is 0 Å². The molecule has 0 spiro atoms. The van der Waals surface area contributed by atoms with Crippen molar-refractivity contribution in [2.75, 3.05) is 0 Å². The molecule has 2 rings (SSSR count). The maximum absolute atomic E-state index is 12.2. The molecule has 1 amide bonds. The van der Waals surface area contributed by atoms with Crippen LogP contribution in [-0.2, 0) is 13.6 Å². The zero-order valence-electron chi connectivity index (χ0n) is 12.1. The lowest BCUT2D eigenvalue weighted by Gasteiger charge is -2.10. The fourth-order valence-corrected chi connectivity index (χ4v) is 1.94. The number of aromatic carboxylic acids is 1. The summed E-state index contributed by atoms with van der Waals surface area (Å²) in [5.41, 5.74) is 0.478. The molecule has 0 fully saturated rings. The van der Waals surface area contributed by atoms with Crippen LogP contribution in [0.3, 0.4) is 0 Å². The monoisotopic (exact) mass is 291 g/mol. The molecule has 2 N–H and O–H groups in total. The van der Waals surface area contributed by atoms with Gasteiger partial charge in [0.2, 0.25) is 0 Å². The molecule has 2 aromatic rings. The van der Waals surface area contributed by atoms with Crippen LogP contribution in [0.15, 0.2) is 18.5 Å². The van der Waals surface area contributed by atoms with Gasteiger partial charge in [0, 0.05) is 26.0 Å². The predicted octanol–water partition coefficient (Wildman–Crippen LogP) is 0.826. The summed E-state index contributed by atoms with van der Waals surface area (Å²) in [4.78, 5) is 23.2. The molecule has 0 bridgehead atoms. The van der Waals surface area contributed by atoms with E-state index in [9.17, 15) is 9.59 Å². The number of amides is 1. The summed E-state index contributed by atoms with van der Waals surface area (Å²) in [6, 6.07) is 1.47. The van der Waals surface area contributed by atoms with E-state index >= 15 is 0 Å². The normalized spacial score (nSPS) is 12.1. The van der Waals surface area contributed by atoms with E-state index in [4.69, 9.17) is 5.11 Å². The van der Waals surface area contributed by atoms with Gasteiger partial charge in [-0.05, 0) is 19.9 Å². The lowest BCUT2D eigenvalue weighted by molar-refractivity contribution is 0.0690. The van der Waals surface area contributed by atoms with E-state index in [0.717, 1.165) is 6.54 Å². The fourth-order valence-electron chi connectivity index (χ4n) is 1.94. The number of nitrogens with zero attached hydrogens (tertiary/aromatic N) is 4. The Balaban J connectivity index is 2.16. The number of carboxylic acid groups (broad SMARTS) is 1. The van der Waals surface area contributed by atoms with Crippen LogP contribution in [0.2, 0.25) is 0 Å². The molecule has 112 valence electrons. The summed E-state index contributed by atoms with van der Waals surface area (Å²) < 4.78 is 3.05. The minimum atomic E-state index is -1.18. The molecule has 0 radical (unpaired) electrons. The van der Waals surface area contributed by atoms with Crippen LogP contribution in [0.25, 0.3) is 0 Å². The number of carbonyl (C=O) groups is 2. The smallest absolute Gasteiger partial charge is 0.339 e. The molecule has 1 atom stereocenters. The SMILES string of the molecule is CCn1ccc(C(C)NC(=O)c2nn(C)cc2C(=O)O)n1. The average molecular weight is 291 g/mol. The molecule has 1 unspecified atom stereocenters. The second-order valence-electron chi connectivity index (χ2n) is 4.66. The van der Waals surface area contributed by atoms with Crippen molar-refractivity contribution < 1.29 is 14.7 Å². The summed E-state index contributed by atoms with van der Waals surface area (Å²) in [6.07, 6.45) is 3.12. The summed E-state index contributed by atoms with van der Waals surface area (Å²) in [6.45, 7) is 4.49. The molecule has 0 saturated carbocycles. The maximum atomic E-state index is 12.2. The van der Waals surface area contributed by atoms with Gasteiger partial charge in [0.1, 0.15) is 5.56 Å². The van der Waals surface area contributed by atoms with Gasteiger partial charge in [-0.3, -0.25) is 14.2 Å². The first kappa shape index (κ1) is 14.8. The predicted molar refractivity (Wildman–Crippen MR) is 73.9 cm³/mol. The van der Waals surface area contributed by atoms with E-state index in [1.807, 2.05) is 19.2 Å². The second kappa shape index (κ2) is 5.78. The Hall–Kier alpha value is -2.64. The highest BCUT2D eigenvalue weighted by Gasteiger charge is 2.23. The summed E-state index contributed by atoms with van der Waals surface area (Å²) in [7, 11) is 1.57. The third-order valence-electron chi connectivity index (χ3n) is 3.05. The lowest BCUT2D eigenvalue weighted by atomic mass is 10.2. The van der Waals surface area contributed by atoms with E-state index in [1.54, 1.807) is 18.7 Å². The van der Waals surface area contributed by atoms with E-state index in [0.29, 0.717) is 5.69 Å². The van der Waals surface area contributed by atoms with Crippen molar-refractivity contribution in [2.24, 2.45) is 7.05 Å². The standard InChI is InChI=1S/C13H17N5O3/c1-4-18-6-5-10(15-18)8(2)14-12(19)11-9(13(20)21)7-17(3)16-11/h5-8H,4H2,1-3H3,(H,14,19)(H,20,21). The molecule has 0 aromatic carbocycles. The van der Waals surface area contributed by atoms with Gasteiger partial charge < -0.3 is 10.4 Å². The second-order valence-corrected chi connectivity index (χ2v) is 4.66. The molecule has 21 heavy (non-hydrogen) atoms. The Bertz CT molecular complexity index is 673. The van der Waals surface area contributed by atoms with Crippen molar-refractivity contribution in [2.45, 2.75) is 26.4 Å². The van der Waals surface area contributed by atoms with Gasteiger partial charge in [0.15, 0.2) is 5.69 Å². The zero-order chi connectivity index (χ0) is 15.6. The van der Waals surface area contributed by atoms with Gasteiger partial charge in [-0.1, -0.05) is 0 Å². The summed E-state index contributed by atoms with van der Waals surface area (Å²) in [5.74, 6) is -1.72. The number of nitrogens with one attached hydrogen (secondary N) is 1. The minimum absolute atomic E-state index is 0.105. The van der Waals surface area contributed by atoms with Crippen LogP contribution in [0.4, 0.5) is 0 Å². The van der Waals surface area contributed by atoms with Crippen molar-refractivity contribution in [3.63, 3.8) is 0 Å². The minimum Gasteiger partial charge on any atom is -0.478 e. The van der Waals surface area contributed by atoms with Crippen LogP contribution in [0, 0.1) is 0 Å². The maximum Gasteiger partial charge on any atom is 0.339 e. The highest BCUT2D eigenvalue weighted by molar-refractivity contribution is 6.03. The quantitative estimate of drug-likeness (QED) is 0.849. The van der Waals surface area contributed by atoms with Gasteiger partial charge in [-0.25, -0.2) is 4.79 Å². The van der Waals surface area contributed by atoms with E-state index in [2.05, 4.69) is 15.5 Å². The van der Waals surface area contributed by atoms with Gasteiger partial charge in [-0.15, -0.1) is 0 Å². The third kappa shape index (κ3) is 3.10. The molecule has 0 saturated heterocycles. The first-order valence-corrected chi connectivity index (χ1v) is 6.53. The number of hydrogen-bond donors (Lipinski definition) is 2. The van der Waals surface area contributed by atoms with Crippen LogP contribution in [-0.4, -0.2) is 36.5 Å². The molecule has 2 aromatic heterocycles. The Morgan fingerprint density at radius 3 is 2.71 bits per heavy atom.